The van der Waals surface area contributed by atoms with Crippen molar-refractivity contribution in [3.8, 4) is 32.0 Å². The molecule has 0 bridgehead atoms. The van der Waals surface area contributed by atoms with Crippen LogP contribution >= 0.6 is 22.7 Å². The van der Waals surface area contributed by atoms with Crippen molar-refractivity contribution in [1.29, 1.82) is 0 Å². The molecule has 4 heteroatoms. The molecule has 37 heavy (non-hydrogen) atoms. The molecule has 0 unspecified atom stereocenters. The van der Waals surface area contributed by atoms with E-state index in [0.717, 1.165) is 0 Å². The van der Waals surface area contributed by atoms with E-state index >= 15 is 0 Å². The zero-order chi connectivity index (χ0) is 25.8. The maximum atomic E-state index is 7.19. The van der Waals surface area contributed by atoms with Gasteiger partial charge in [-0.15, -0.1) is 22.7 Å². The quantitative estimate of drug-likeness (QED) is 0.170. The lowest BCUT2D eigenvalue weighted by Gasteiger charge is -2.39. The van der Waals surface area contributed by atoms with E-state index in [1.807, 2.05) is 22.7 Å². The minimum absolute atomic E-state index is 0.433. The standard InChI is InChI=1S/C33H34OS2Si/c1-24(2)37(25(3)4,34-23-26-14-8-5-9-15-26)33-30(28-18-12-7-13-19-28)22-31(36-33)32-29(20-21-35-32)27-16-10-6-11-17-27/h5-22,24-25H,23H2,1-4H3. The summed E-state index contributed by atoms with van der Waals surface area (Å²) >= 11 is 3.80. The summed E-state index contributed by atoms with van der Waals surface area (Å²) in [7, 11) is -2.40. The topological polar surface area (TPSA) is 9.23 Å². The molecule has 0 atom stereocenters. The van der Waals surface area contributed by atoms with Crippen molar-refractivity contribution in [2.45, 2.75) is 45.4 Å². The Kier molecular flexibility index (Phi) is 7.91. The van der Waals surface area contributed by atoms with Crippen molar-refractivity contribution in [2.24, 2.45) is 0 Å². The molecule has 188 valence electrons. The van der Waals surface area contributed by atoms with E-state index < -0.39 is 8.32 Å². The van der Waals surface area contributed by atoms with Crippen LogP contribution in [0.15, 0.2) is 109 Å². The van der Waals surface area contributed by atoms with Crippen LogP contribution in [0.1, 0.15) is 33.3 Å². The van der Waals surface area contributed by atoms with Crippen molar-refractivity contribution in [3.05, 3.63) is 114 Å². The molecule has 3 aromatic carbocycles. The Morgan fingerprint density at radius 3 is 1.78 bits per heavy atom. The van der Waals surface area contributed by atoms with E-state index in [1.54, 1.807) is 0 Å². The van der Waals surface area contributed by atoms with Gasteiger partial charge in [0.1, 0.15) is 0 Å². The van der Waals surface area contributed by atoms with Gasteiger partial charge in [-0.05, 0) is 50.8 Å². The summed E-state index contributed by atoms with van der Waals surface area (Å²) in [6.45, 7) is 10.1. The zero-order valence-electron chi connectivity index (χ0n) is 22.0. The smallest absolute Gasteiger partial charge is 0.240 e. The molecule has 0 aliphatic rings. The monoisotopic (exact) mass is 538 g/mol. The lowest BCUT2D eigenvalue weighted by atomic mass is 10.1. The van der Waals surface area contributed by atoms with Crippen LogP contribution in [0, 0.1) is 0 Å². The fourth-order valence-electron chi connectivity index (χ4n) is 5.34. The highest BCUT2D eigenvalue weighted by Gasteiger charge is 2.47. The molecule has 0 saturated heterocycles. The van der Waals surface area contributed by atoms with E-state index in [9.17, 15) is 0 Å². The summed E-state index contributed by atoms with van der Waals surface area (Å²) in [5.74, 6) is 0. The minimum atomic E-state index is -2.40. The average molecular weight is 539 g/mol. The van der Waals surface area contributed by atoms with Gasteiger partial charge >= 0.3 is 0 Å². The molecule has 0 aliphatic carbocycles. The maximum absolute atomic E-state index is 7.19. The molecule has 5 rings (SSSR count). The maximum Gasteiger partial charge on any atom is 0.240 e. The van der Waals surface area contributed by atoms with Crippen LogP contribution in [0.2, 0.25) is 11.1 Å². The van der Waals surface area contributed by atoms with Gasteiger partial charge in [0.05, 0.1) is 11.5 Å². The number of rotatable bonds is 9. The number of hydrogen-bond donors (Lipinski definition) is 0. The van der Waals surface area contributed by atoms with Crippen LogP contribution in [-0.4, -0.2) is 8.32 Å². The van der Waals surface area contributed by atoms with Crippen LogP contribution in [0.4, 0.5) is 0 Å². The molecular weight excluding hydrogens is 505 g/mol. The predicted octanol–water partition coefficient (Wildman–Crippen LogP) is 10.00. The van der Waals surface area contributed by atoms with Gasteiger partial charge in [-0.1, -0.05) is 119 Å². The van der Waals surface area contributed by atoms with Crippen molar-refractivity contribution in [2.75, 3.05) is 0 Å². The average Bonchev–Trinajstić information content (AvgIpc) is 3.58. The molecule has 2 heterocycles. The highest BCUT2D eigenvalue weighted by Crippen LogP contribution is 2.45. The van der Waals surface area contributed by atoms with E-state index in [0.29, 0.717) is 17.7 Å². The highest BCUT2D eigenvalue weighted by molar-refractivity contribution is 7.31. The molecule has 2 aromatic heterocycles. The zero-order valence-corrected chi connectivity index (χ0v) is 24.6. The third kappa shape index (κ3) is 5.17. The first-order chi connectivity index (χ1) is 18.0. The largest absolute Gasteiger partial charge is 0.407 e. The molecule has 0 saturated carbocycles. The van der Waals surface area contributed by atoms with Gasteiger partial charge < -0.3 is 4.43 Å². The molecule has 0 fully saturated rings. The van der Waals surface area contributed by atoms with Gasteiger partial charge in [-0.3, -0.25) is 0 Å². The van der Waals surface area contributed by atoms with Gasteiger partial charge in [0.25, 0.3) is 0 Å². The minimum Gasteiger partial charge on any atom is -0.407 e. The van der Waals surface area contributed by atoms with Gasteiger partial charge in [0.15, 0.2) is 0 Å². The summed E-state index contributed by atoms with van der Waals surface area (Å²) in [5, 5.41) is 2.22. The number of thiophene rings is 2. The van der Waals surface area contributed by atoms with Crippen LogP contribution in [-0.2, 0) is 11.0 Å². The summed E-state index contributed by atoms with van der Waals surface area (Å²) in [4.78, 5) is 2.68. The van der Waals surface area contributed by atoms with Crippen molar-refractivity contribution < 1.29 is 4.43 Å². The van der Waals surface area contributed by atoms with Crippen molar-refractivity contribution >= 4 is 35.5 Å². The lowest BCUT2D eigenvalue weighted by molar-refractivity contribution is 0.283. The third-order valence-corrected chi connectivity index (χ3v) is 15.5. The SMILES string of the molecule is CC(C)[Si](OCc1ccccc1)(c1sc(-c2sccc2-c2ccccc2)cc1-c1ccccc1)C(C)C. The van der Waals surface area contributed by atoms with Crippen LogP contribution < -0.4 is 4.50 Å². The van der Waals surface area contributed by atoms with Gasteiger partial charge in [-0.2, -0.15) is 0 Å². The van der Waals surface area contributed by atoms with E-state index in [2.05, 4.69) is 136 Å². The predicted molar refractivity (Wildman–Crippen MR) is 165 cm³/mol. The summed E-state index contributed by atoms with van der Waals surface area (Å²) in [6.07, 6.45) is 0. The van der Waals surface area contributed by atoms with Crippen molar-refractivity contribution in [1.82, 2.24) is 0 Å². The number of hydrogen-bond acceptors (Lipinski definition) is 3. The van der Waals surface area contributed by atoms with E-state index in [4.69, 9.17) is 4.43 Å². The van der Waals surface area contributed by atoms with Gasteiger partial charge in [0.2, 0.25) is 8.32 Å². The second-order valence-corrected chi connectivity index (χ2v) is 17.1. The Morgan fingerprint density at radius 2 is 1.22 bits per heavy atom. The molecule has 1 nitrogen and oxygen atoms in total. The fraction of sp³-hybridized carbons (Fsp3) is 0.212. The first-order valence-corrected chi connectivity index (χ1v) is 16.8. The third-order valence-electron chi connectivity index (χ3n) is 7.18. The van der Waals surface area contributed by atoms with E-state index in [-0.39, 0.29) is 0 Å². The van der Waals surface area contributed by atoms with Crippen LogP contribution in [0.5, 0.6) is 0 Å². The Morgan fingerprint density at radius 1 is 0.676 bits per heavy atom. The Hall–Kier alpha value is -2.76. The summed E-state index contributed by atoms with van der Waals surface area (Å²) < 4.78 is 8.65. The normalized spacial score (nSPS) is 11.9. The Labute approximate surface area is 230 Å². The first kappa shape index (κ1) is 25.9. The van der Waals surface area contributed by atoms with Gasteiger partial charge in [0, 0.05) is 14.9 Å². The fourth-order valence-corrected chi connectivity index (χ4v) is 14.1. The molecule has 5 aromatic rings. The second-order valence-electron chi connectivity index (χ2n) is 10.1. The Balaban J connectivity index is 1.68. The van der Waals surface area contributed by atoms with Crippen LogP contribution in [0.25, 0.3) is 32.0 Å². The lowest BCUT2D eigenvalue weighted by Crippen LogP contribution is -2.55. The van der Waals surface area contributed by atoms with Crippen molar-refractivity contribution in [3.63, 3.8) is 0 Å². The Bertz CT molecular complexity index is 1410. The molecular formula is C33H34OS2Si. The molecule has 0 radical (unpaired) electrons. The first-order valence-electron chi connectivity index (χ1n) is 13.0. The summed E-state index contributed by atoms with van der Waals surface area (Å²) in [6, 6.07) is 37.0. The summed E-state index contributed by atoms with van der Waals surface area (Å²) in [5.41, 5.74) is 7.30. The molecule has 0 N–H and O–H groups in total. The molecule has 0 spiro atoms. The van der Waals surface area contributed by atoms with E-state index in [1.165, 1.54) is 42.1 Å². The second kappa shape index (κ2) is 11.3. The molecule has 0 aliphatic heterocycles. The number of benzene rings is 3. The highest BCUT2D eigenvalue weighted by atomic mass is 32.1. The molecule has 0 amide bonds. The van der Waals surface area contributed by atoms with Gasteiger partial charge in [-0.25, -0.2) is 0 Å². The van der Waals surface area contributed by atoms with Crippen LogP contribution in [0.3, 0.4) is 0 Å².